The number of thiophene rings is 1. The number of benzene rings is 2. The maximum absolute atomic E-state index is 12.9. The van der Waals surface area contributed by atoms with Gasteiger partial charge in [-0.2, -0.15) is 0 Å². The highest BCUT2D eigenvalue weighted by atomic mass is 32.1. The third kappa shape index (κ3) is 4.97. The highest BCUT2D eigenvalue weighted by Crippen LogP contribution is 2.29. The molecule has 7 nitrogen and oxygen atoms in total. The molecule has 164 valence electrons. The third-order valence-electron chi connectivity index (χ3n) is 5.12. The molecule has 8 heteroatoms. The molecule has 2 unspecified atom stereocenters. The Labute approximate surface area is 189 Å². The van der Waals surface area contributed by atoms with Gasteiger partial charge in [0.15, 0.2) is 6.10 Å². The molecule has 0 saturated carbocycles. The quantitative estimate of drug-likeness (QED) is 0.535. The molecule has 2 amide bonds. The van der Waals surface area contributed by atoms with E-state index in [1.807, 2.05) is 41.8 Å². The summed E-state index contributed by atoms with van der Waals surface area (Å²) < 4.78 is 10.5. The van der Waals surface area contributed by atoms with E-state index in [4.69, 9.17) is 9.47 Å². The Kier molecular flexibility index (Phi) is 6.51. The number of rotatable bonds is 7. The third-order valence-corrected chi connectivity index (χ3v) is 6.11. The predicted molar refractivity (Wildman–Crippen MR) is 121 cm³/mol. The van der Waals surface area contributed by atoms with Crippen molar-refractivity contribution in [1.82, 2.24) is 5.32 Å². The number of esters is 1. The number of fused-ring (bicyclic) bond motifs is 1. The van der Waals surface area contributed by atoms with Gasteiger partial charge in [-0.15, -0.1) is 11.3 Å². The van der Waals surface area contributed by atoms with E-state index in [0.717, 1.165) is 10.4 Å². The summed E-state index contributed by atoms with van der Waals surface area (Å²) in [6.45, 7) is 0. The first-order valence-corrected chi connectivity index (χ1v) is 11.0. The Morgan fingerprint density at radius 3 is 2.72 bits per heavy atom. The summed E-state index contributed by atoms with van der Waals surface area (Å²) in [4.78, 5) is 38.2. The monoisotopic (exact) mass is 450 g/mol. The fourth-order valence-corrected chi connectivity index (χ4v) is 4.27. The molecule has 0 bridgehead atoms. The van der Waals surface area contributed by atoms with Gasteiger partial charge in [0.2, 0.25) is 0 Å². The van der Waals surface area contributed by atoms with Gasteiger partial charge in [-0.1, -0.05) is 30.3 Å². The van der Waals surface area contributed by atoms with Crippen molar-refractivity contribution in [2.45, 2.75) is 25.0 Å². The van der Waals surface area contributed by atoms with Crippen molar-refractivity contribution >= 4 is 34.8 Å². The Balaban J connectivity index is 1.42. The van der Waals surface area contributed by atoms with E-state index in [-0.39, 0.29) is 18.2 Å². The predicted octanol–water partition coefficient (Wildman–Crippen LogP) is 3.72. The highest BCUT2D eigenvalue weighted by Gasteiger charge is 2.29. The number of para-hydroxylation sites is 1. The van der Waals surface area contributed by atoms with E-state index in [1.165, 1.54) is 18.4 Å². The zero-order chi connectivity index (χ0) is 22.5. The lowest BCUT2D eigenvalue weighted by molar-refractivity contribution is -0.141. The summed E-state index contributed by atoms with van der Waals surface area (Å²) in [5.74, 6) is -0.331. The van der Waals surface area contributed by atoms with Crippen LogP contribution in [-0.4, -0.2) is 31.0 Å². The van der Waals surface area contributed by atoms with Gasteiger partial charge in [0.1, 0.15) is 5.75 Å². The number of nitrogens with one attached hydrogen (secondary N) is 2. The maximum Gasteiger partial charge on any atom is 0.307 e. The lowest BCUT2D eigenvalue weighted by atomic mass is 10.1. The van der Waals surface area contributed by atoms with Gasteiger partial charge in [0.25, 0.3) is 11.8 Å². The fraction of sp³-hybridized carbons (Fsp3) is 0.208. The Bertz CT molecular complexity index is 1100. The van der Waals surface area contributed by atoms with Gasteiger partial charge in [-0.3, -0.25) is 14.4 Å². The molecule has 0 aliphatic carbocycles. The number of carbonyl (C=O) groups excluding carboxylic acids is 3. The minimum absolute atomic E-state index is 0.0265. The zero-order valence-electron chi connectivity index (χ0n) is 17.4. The Hall–Kier alpha value is -3.65. The van der Waals surface area contributed by atoms with E-state index in [9.17, 15) is 14.4 Å². The first-order chi connectivity index (χ1) is 15.5. The summed E-state index contributed by atoms with van der Waals surface area (Å²) in [5.41, 5.74) is 1.85. The molecule has 0 fully saturated rings. The second kappa shape index (κ2) is 9.65. The van der Waals surface area contributed by atoms with Crippen molar-refractivity contribution in [3.8, 4) is 5.75 Å². The van der Waals surface area contributed by atoms with Crippen LogP contribution in [0.25, 0.3) is 0 Å². The SMILES string of the molecule is COC(=O)CC(NC(=O)c1cccc(NC(=O)C2Cc3ccccc3O2)c1)c1cccs1. The topological polar surface area (TPSA) is 93.7 Å². The van der Waals surface area contributed by atoms with E-state index in [2.05, 4.69) is 10.6 Å². The van der Waals surface area contributed by atoms with Crippen LogP contribution in [0.5, 0.6) is 5.75 Å². The van der Waals surface area contributed by atoms with Crippen LogP contribution < -0.4 is 15.4 Å². The molecule has 2 heterocycles. The smallest absolute Gasteiger partial charge is 0.307 e. The molecule has 4 rings (SSSR count). The molecule has 0 saturated heterocycles. The lowest BCUT2D eigenvalue weighted by Gasteiger charge is -2.17. The molecule has 3 aromatic rings. The fourth-order valence-electron chi connectivity index (χ4n) is 3.49. The standard InChI is InChI=1S/C24H22N2O5S/c1-30-22(27)14-18(21-10-5-11-32-21)26-23(28)16-7-4-8-17(12-16)25-24(29)20-13-15-6-2-3-9-19(15)31-20/h2-12,18,20H,13-14H2,1H3,(H,25,29)(H,26,28). The Morgan fingerprint density at radius 1 is 1.12 bits per heavy atom. The second-order valence-corrected chi connectivity index (χ2v) is 8.29. The molecule has 2 aromatic carbocycles. The van der Waals surface area contributed by atoms with Gasteiger partial charge in [-0.05, 0) is 41.3 Å². The lowest BCUT2D eigenvalue weighted by Crippen LogP contribution is -2.32. The van der Waals surface area contributed by atoms with Gasteiger partial charge in [0.05, 0.1) is 19.6 Å². The molecule has 2 N–H and O–H groups in total. The number of hydrogen-bond acceptors (Lipinski definition) is 6. The van der Waals surface area contributed by atoms with Crippen LogP contribution in [0.4, 0.5) is 5.69 Å². The molecular weight excluding hydrogens is 428 g/mol. The summed E-state index contributed by atoms with van der Waals surface area (Å²) in [5, 5.41) is 7.58. The number of amides is 2. The van der Waals surface area contributed by atoms with Crippen molar-refractivity contribution in [2.75, 3.05) is 12.4 Å². The van der Waals surface area contributed by atoms with Crippen molar-refractivity contribution in [3.05, 3.63) is 82.0 Å². The number of anilines is 1. The van der Waals surface area contributed by atoms with Gasteiger partial charge >= 0.3 is 5.97 Å². The van der Waals surface area contributed by atoms with Crippen molar-refractivity contribution < 1.29 is 23.9 Å². The van der Waals surface area contributed by atoms with E-state index in [0.29, 0.717) is 23.4 Å². The summed E-state index contributed by atoms with van der Waals surface area (Å²) in [6.07, 6.45) is -0.0927. The molecule has 0 radical (unpaired) electrons. The van der Waals surface area contributed by atoms with Gasteiger partial charge in [0, 0.05) is 22.5 Å². The Morgan fingerprint density at radius 2 is 1.97 bits per heavy atom. The highest BCUT2D eigenvalue weighted by molar-refractivity contribution is 7.10. The summed E-state index contributed by atoms with van der Waals surface area (Å²) in [7, 11) is 1.31. The van der Waals surface area contributed by atoms with Crippen LogP contribution in [0.15, 0.2) is 66.0 Å². The molecule has 1 aliphatic heterocycles. The first-order valence-electron chi connectivity index (χ1n) is 10.1. The van der Waals surface area contributed by atoms with Crippen LogP contribution in [0.2, 0.25) is 0 Å². The average molecular weight is 451 g/mol. The normalized spacial score (nSPS) is 15.2. The average Bonchev–Trinajstić information content (AvgIpc) is 3.48. The molecule has 32 heavy (non-hydrogen) atoms. The second-order valence-electron chi connectivity index (χ2n) is 7.31. The molecular formula is C24H22N2O5S. The number of ether oxygens (including phenoxy) is 2. The molecule has 2 atom stereocenters. The molecule has 1 aromatic heterocycles. The van der Waals surface area contributed by atoms with Crippen LogP contribution >= 0.6 is 11.3 Å². The van der Waals surface area contributed by atoms with E-state index >= 15 is 0 Å². The minimum Gasteiger partial charge on any atom is -0.480 e. The number of hydrogen-bond donors (Lipinski definition) is 2. The maximum atomic E-state index is 12.9. The van der Waals surface area contributed by atoms with E-state index < -0.39 is 18.1 Å². The van der Waals surface area contributed by atoms with Crippen LogP contribution in [0.3, 0.4) is 0 Å². The largest absolute Gasteiger partial charge is 0.480 e. The van der Waals surface area contributed by atoms with Gasteiger partial charge in [-0.25, -0.2) is 0 Å². The summed E-state index contributed by atoms with van der Waals surface area (Å²) in [6, 6.07) is 17.4. The van der Waals surface area contributed by atoms with E-state index in [1.54, 1.807) is 24.3 Å². The zero-order valence-corrected chi connectivity index (χ0v) is 18.2. The van der Waals surface area contributed by atoms with Crippen LogP contribution in [-0.2, 0) is 20.7 Å². The van der Waals surface area contributed by atoms with Gasteiger partial charge < -0.3 is 20.1 Å². The number of methoxy groups -OCH3 is 1. The van der Waals surface area contributed by atoms with Crippen molar-refractivity contribution in [3.63, 3.8) is 0 Å². The number of carbonyl (C=O) groups is 3. The first kappa shape index (κ1) is 21.6. The van der Waals surface area contributed by atoms with Crippen molar-refractivity contribution in [1.29, 1.82) is 0 Å². The molecule has 0 spiro atoms. The van der Waals surface area contributed by atoms with Crippen molar-refractivity contribution in [2.24, 2.45) is 0 Å². The molecule has 1 aliphatic rings. The summed E-state index contributed by atoms with van der Waals surface area (Å²) >= 11 is 1.45. The van der Waals surface area contributed by atoms with Crippen LogP contribution in [0, 0.1) is 0 Å². The minimum atomic E-state index is -0.617. The van der Waals surface area contributed by atoms with Crippen LogP contribution in [0.1, 0.15) is 33.3 Å².